The van der Waals surface area contributed by atoms with Gasteiger partial charge < -0.3 is 0 Å². The molecule has 0 unspecified atom stereocenters. The molecule has 0 bridgehead atoms. The standard InChI is InChI=1S/C9H11N.C2H6/c1-3-8(2)9-5-4-6-10-7-9;1-2/h3-7H,1-2H3;1-2H3/b8-3+;. The molecule has 0 aliphatic rings. The molecule has 0 aliphatic heterocycles. The van der Waals surface area contributed by atoms with Crippen molar-refractivity contribution in [1.82, 2.24) is 4.98 Å². The smallest absolute Gasteiger partial charge is 0.0342 e. The van der Waals surface area contributed by atoms with Crippen molar-refractivity contribution in [3.8, 4) is 0 Å². The molecular formula is C11H17N. The van der Waals surface area contributed by atoms with Gasteiger partial charge in [-0.1, -0.05) is 26.0 Å². The molecule has 0 amide bonds. The van der Waals surface area contributed by atoms with Crippen molar-refractivity contribution < 1.29 is 0 Å². The van der Waals surface area contributed by atoms with Crippen LogP contribution in [0.5, 0.6) is 0 Å². The van der Waals surface area contributed by atoms with Gasteiger partial charge in [-0.05, 0) is 31.1 Å². The minimum absolute atomic E-state index is 1.20. The van der Waals surface area contributed by atoms with E-state index in [1.54, 1.807) is 6.20 Å². The Morgan fingerprint density at radius 1 is 1.42 bits per heavy atom. The van der Waals surface area contributed by atoms with Gasteiger partial charge in [0.05, 0.1) is 0 Å². The maximum atomic E-state index is 4.01. The number of nitrogens with zero attached hydrogens (tertiary/aromatic N) is 1. The number of hydrogen-bond donors (Lipinski definition) is 0. The Balaban J connectivity index is 0.000000561. The molecule has 66 valence electrons. The van der Waals surface area contributed by atoms with Gasteiger partial charge in [0.2, 0.25) is 0 Å². The molecule has 1 aromatic rings. The van der Waals surface area contributed by atoms with Crippen LogP contribution < -0.4 is 0 Å². The second-order valence-electron chi connectivity index (χ2n) is 2.21. The van der Waals surface area contributed by atoms with E-state index in [0.717, 1.165) is 0 Å². The van der Waals surface area contributed by atoms with Crippen LogP contribution >= 0.6 is 0 Å². The van der Waals surface area contributed by atoms with Crippen LogP contribution in [0.2, 0.25) is 0 Å². The zero-order valence-corrected chi connectivity index (χ0v) is 8.33. The van der Waals surface area contributed by atoms with E-state index in [9.17, 15) is 0 Å². The van der Waals surface area contributed by atoms with Crippen molar-refractivity contribution in [2.75, 3.05) is 0 Å². The van der Waals surface area contributed by atoms with Crippen LogP contribution in [-0.4, -0.2) is 4.98 Å². The first kappa shape index (κ1) is 10.9. The van der Waals surface area contributed by atoms with Crippen molar-refractivity contribution >= 4 is 5.57 Å². The van der Waals surface area contributed by atoms with Crippen LogP contribution in [0.25, 0.3) is 5.57 Å². The predicted molar refractivity (Wildman–Crippen MR) is 54.9 cm³/mol. The summed E-state index contributed by atoms with van der Waals surface area (Å²) < 4.78 is 0. The highest BCUT2D eigenvalue weighted by Gasteiger charge is 1.89. The summed E-state index contributed by atoms with van der Waals surface area (Å²) in [5.74, 6) is 0. The van der Waals surface area contributed by atoms with Crippen molar-refractivity contribution in [1.29, 1.82) is 0 Å². The molecule has 0 saturated carbocycles. The number of pyridine rings is 1. The average molecular weight is 163 g/mol. The topological polar surface area (TPSA) is 12.9 Å². The molecule has 0 fully saturated rings. The van der Waals surface area contributed by atoms with Gasteiger partial charge in [0.1, 0.15) is 0 Å². The fourth-order valence-corrected chi connectivity index (χ4v) is 0.763. The fourth-order valence-electron chi connectivity index (χ4n) is 0.763. The molecular weight excluding hydrogens is 146 g/mol. The van der Waals surface area contributed by atoms with Crippen LogP contribution in [0.3, 0.4) is 0 Å². The number of allylic oxidation sites excluding steroid dienone is 2. The maximum Gasteiger partial charge on any atom is 0.0342 e. The summed E-state index contributed by atoms with van der Waals surface area (Å²) in [4.78, 5) is 4.01. The fraction of sp³-hybridized carbons (Fsp3) is 0.364. The lowest BCUT2D eigenvalue weighted by atomic mass is 10.1. The summed E-state index contributed by atoms with van der Waals surface area (Å²) in [7, 11) is 0. The number of hydrogen-bond acceptors (Lipinski definition) is 1. The van der Waals surface area contributed by atoms with Gasteiger partial charge >= 0.3 is 0 Å². The third-order valence-electron chi connectivity index (χ3n) is 1.55. The van der Waals surface area contributed by atoms with Crippen molar-refractivity contribution in [3.63, 3.8) is 0 Å². The van der Waals surface area contributed by atoms with Crippen LogP contribution in [0, 0.1) is 0 Å². The van der Waals surface area contributed by atoms with E-state index in [2.05, 4.69) is 24.1 Å². The number of aromatic nitrogens is 1. The minimum atomic E-state index is 1.20. The van der Waals surface area contributed by atoms with E-state index in [4.69, 9.17) is 0 Å². The molecule has 0 saturated heterocycles. The second kappa shape index (κ2) is 6.59. The monoisotopic (exact) mass is 163 g/mol. The van der Waals surface area contributed by atoms with Gasteiger partial charge in [-0.2, -0.15) is 0 Å². The Labute approximate surface area is 75.2 Å². The summed E-state index contributed by atoms with van der Waals surface area (Å²) in [6, 6.07) is 4.00. The highest BCUT2D eigenvalue weighted by molar-refractivity contribution is 5.62. The van der Waals surface area contributed by atoms with Gasteiger partial charge in [0.25, 0.3) is 0 Å². The van der Waals surface area contributed by atoms with Crippen LogP contribution in [0.15, 0.2) is 30.6 Å². The summed E-state index contributed by atoms with van der Waals surface area (Å²) in [5.41, 5.74) is 2.47. The summed E-state index contributed by atoms with van der Waals surface area (Å²) in [5, 5.41) is 0. The Hall–Kier alpha value is -1.11. The molecule has 0 spiro atoms. The van der Waals surface area contributed by atoms with Gasteiger partial charge in [0.15, 0.2) is 0 Å². The second-order valence-corrected chi connectivity index (χ2v) is 2.21. The largest absolute Gasteiger partial charge is 0.264 e. The van der Waals surface area contributed by atoms with Crippen molar-refractivity contribution in [2.24, 2.45) is 0 Å². The first-order chi connectivity index (χ1) is 5.84. The van der Waals surface area contributed by atoms with E-state index in [0.29, 0.717) is 0 Å². The summed E-state index contributed by atoms with van der Waals surface area (Å²) in [6.45, 7) is 8.11. The van der Waals surface area contributed by atoms with E-state index in [-0.39, 0.29) is 0 Å². The van der Waals surface area contributed by atoms with Gasteiger partial charge in [-0.3, -0.25) is 4.98 Å². The summed E-state index contributed by atoms with van der Waals surface area (Å²) >= 11 is 0. The Morgan fingerprint density at radius 2 is 2.08 bits per heavy atom. The van der Waals surface area contributed by atoms with Crippen LogP contribution in [-0.2, 0) is 0 Å². The molecule has 0 radical (unpaired) electrons. The van der Waals surface area contributed by atoms with Gasteiger partial charge in [-0.15, -0.1) is 0 Å². The third-order valence-corrected chi connectivity index (χ3v) is 1.55. The lowest BCUT2D eigenvalue weighted by Crippen LogP contribution is -1.78. The molecule has 0 aliphatic carbocycles. The Bertz CT molecular complexity index is 224. The molecule has 1 rings (SSSR count). The van der Waals surface area contributed by atoms with E-state index in [1.807, 2.05) is 33.0 Å². The number of rotatable bonds is 1. The lowest BCUT2D eigenvalue weighted by Gasteiger charge is -1.96. The van der Waals surface area contributed by atoms with Crippen LogP contribution in [0.4, 0.5) is 0 Å². The SMILES string of the molecule is C/C=C(\C)c1cccnc1.CC. The molecule has 1 heteroatoms. The van der Waals surface area contributed by atoms with E-state index < -0.39 is 0 Å². The first-order valence-electron chi connectivity index (χ1n) is 4.38. The molecule has 0 aromatic carbocycles. The normalized spacial score (nSPS) is 10.2. The molecule has 1 heterocycles. The van der Waals surface area contributed by atoms with Crippen molar-refractivity contribution in [3.05, 3.63) is 36.2 Å². The van der Waals surface area contributed by atoms with Gasteiger partial charge in [-0.25, -0.2) is 0 Å². The van der Waals surface area contributed by atoms with Crippen molar-refractivity contribution in [2.45, 2.75) is 27.7 Å². The Kier molecular flexibility index (Phi) is 5.98. The highest BCUT2D eigenvalue weighted by Crippen LogP contribution is 2.09. The lowest BCUT2D eigenvalue weighted by molar-refractivity contribution is 1.30. The zero-order valence-electron chi connectivity index (χ0n) is 8.33. The maximum absolute atomic E-state index is 4.01. The average Bonchev–Trinajstić information content (AvgIpc) is 2.21. The molecule has 12 heavy (non-hydrogen) atoms. The first-order valence-corrected chi connectivity index (χ1v) is 4.38. The highest BCUT2D eigenvalue weighted by atomic mass is 14.6. The van der Waals surface area contributed by atoms with E-state index in [1.165, 1.54) is 11.1 Å². The molecule has 1 aromatic heterocycles. The van der Waals surface area contributed by atoms with Crippen LogP contribution in [0.1, 0.15) is 33.3 Å². The quantitative estimate of drug-likeness (QED) is 0.617. The molecule has 1 nitrogen and oxygen atoms in total. The zero-order chi connectivity index (χ0) is 9.40. The van der Waals surface area contributed by atoms with Gasteiger partial charge in [0, 0.05) is 12.4 Å². The Morgan fingerprint density at radius 3 is 2.50 bits per heavy atom. The third kappa shape index (κ3) is 3.33. The summed E-state index contributed by atoms with van der Waals surface area (Å²) in [6.07, 6.45) is 5.73. The minimum Gasteiger partial charge on any atom is -0.264 e. The predicted octanol–water partition coefficient (Wildman–Crippen LogP) is 3.53. The molecule has 0 atom stereocenters. The van der Waals surface area contributed by atoms with E-state index >= 15 is 0 Å². The molecule has 0 N–H and O–H groups in total.